The summed E-state index contributed by atoms with van der Waals surface area (Å²) in [6.07, 6.45) is 4.52. The number of aromatic nitrogens is 4. The number of hydrogen-bond acceptors (Lipinski definition) is 6. The molecule has 4 rings (SSSR count). The smallest absolute Gasteiger partial charge is 0.222 e. The number of ether oxygens (including phenoxy) is 1. The molecule has 1 aromatic carbocycles. The number of halogens is 1. The summed E-state index contributed by atoms with van der Waals surface area (Å²) in [5, 5.41) is 7.52. The molecule has 0 saturated carbocycles. The molecule has 1 saturated heterocycles. The van der Waals surface area contributed by atoms with E-state index in [1.807, 2.05) is 12.3 Å². The van der Waals surface area contributed by atoms with E-state index in [9.17, 15) is 4.39 Å². The Morgan fingerprint density at radius 1 is 1.31 bits per heavy atom. The SMILES string of the molecule is Nc1nc(NCc2cnn(-c3cccc(F)c3)c2)cc(C2CCOC2)n1. The molecule has 0 bridgehead atoms. The van der Waals surface area contributed by atoms with Crippen molar-refractivity contribution in [3.63, 3.8) is 0 Å². The summed E-state index contributed by atoms with van der Waals surface area (Å²) >= 11 is 0. The van der Waals surface area contributed by atoms with Crippen molar-refractivity contribution in [3.8, 4) is 5.69 Å². The summed E-state index contributed by atoms with van der Waals surface area (Å²) in [7, 11) is 0. The molecule has 3 aromatic rings. The minimum Gasteiger partial charge on any atom is -0.381 e. The molecular weight excluding hydrogens is 335 g/mol. The van der Waals surface area contributed by atoms with Crippen molar-refractivity contribution in [1.29, 1.82) is 0 Å². The van der Waals surface area contributed by atoms with E-state index in [0.717, 1.165) is 24.3 Å². The Morgan fingerprint density at radius 2 is 2.23 bits per heavy atom. The van der Waals surface area contributed by atoms with Crippen LogP contribution in [0.4, 0.5) is 16.2 Å². The molecule has 1 atom stereocenters. The first-order valence-corrected chi connectivity index (χ1v) is 8.43. The van der Waals surface area contributed by atoms with Crippen LogP contribution in [0.1, 0.15) is 23.6 Å². The maximum Gasteiger partial charge on any atom is 0.222 e. The summed E-state index contributed by atoms with van der Waals surface area (Å²) in [5.74, 6) is 0.874. The second-order valence-electron chi connectivity index (χ2n) is 6.22. The average Bonchev–Trinajstić information content (AvgIpc) is 3.32. The Kier molecular flexibility index (Phi) is 4.49. The van der Waals surface area contributed by atoms with E-state index >= 15 is 0 Å². The third-order valence-corrected chi connectivity index (χ3v) is 4.29. The molecule has 1 fully saturated rings. The van der Waals surface area contributed by atoms with Crippen LogP contribution in [0.2, 0.25) is 0 Å². The highest BCUT2D eigenvalue weighted by Crippen LogP contribution is 2.25. The summed E-state index contributed by atoms with van der Waals surface area (Å²) in [6.45, 7) is 1.93. The molecule has 1 aliphatic rings. The minimum absolute atomic E-state index is 0.243. The topological polar surface area (TPSA) is 90.9 Å². The lowest BCUT2D eigenvalue weighted by Gasteiger charge is -2.11. The summed E-state index contributed by atoms with van der Waals surface area (Å²) in [4.78, 5) is 8.55. The van der Waals surface area contributed by atoms with Crippen molar-refractivity contribution >= 4 is 11.8 Å². The molecule has 0 amide bonds. The van der Waals surface area contributed by atoms with Crippen molar-refractivity contribution in [2.45, 2.75) is 18.9 Å². The monoisotopic (exact) mass is 354 g/mol. The molecule has 134 valence electrons. The van der Waals surface area contributed by atoms with Crippen LogP contribution in [-0.4, -0.2) is 33.0 Å². The molecule has 3 heterocycles. The van der Waals surface area contributed by atoms with E-state index in [2.05, 4.69) is 20.4 Å². The first kappa shape index (κ1) is 16.5. The fourth-order valence-corrected chi connectivity index (χ4v) is 2.96. The van der Waals surface area contributed by atoms with E-state index in [-0.39, 0.29) is 17.7 Å². The van der Waals surface area contributed by atoms with E-state index < -0.39 is 0 Å². The van der Waals surface area contributed by atoms with Gasteiger partial charge in [-0.05, 0) is 24.6 Å². The summed E-state index contributed by atoms with van der Waals surface area (Å²) in [6, 6.07) is 8.20. The molecule has 1 unspecified atom stereocenters. The normalized spacial score (nSPS) is 16.7. The Morgan fingerprint density at radius 3 is 3.04 bits per heavy atom. The Hall–Kier alpha value is -3.00. The van der Waals surface area contributed by atoms with Crippen molar-refractivity contribution in [3.05, 3.63) is 59.8 Å². The van der Waals surface area contributed by atoms with Gasteiger partial charge in [0.1, 0.15) is 11.6 Å². The fraction of sp³-hybridized carbons (Fsp3) is 0.278. The van der Waals surface area contributed by atoms with Crippen LogP contribution < -0.4 is 11.1 Å². The lowest BCUT2D eigenvalue weighted by Crippen LogP contribution is -2.09. The largest absolute Gasteiger partial charge is 0.381 e. The van der Waals surface area contributed by atoms with Gasteiger partial charge in [0.15, 0.2) is 0 Å². The summed E-state index contributed by atoms with van der Waals surface area (Å²) < 4.78 is 20.4. The number of nitrogens with zero attached hydrogens (tertiary/aromatic N) is 4. The van der Waals surface area contributed by atoms with Gasteiger partial charge in [0.25, 0.3) is 0 Å². The molecule has 3 N–H and O–H groups in total. The first-order chi connectivity index (χ1) is 12.7. The number of nitrogens with two attached hydrogens (primary N) is 1. The van der Waals surface area contributed by atoms with Crippen molar-refractivity contribution < 1.29 is 9.13 Å². The Balaban J connectivity index is 1.46. The van der Waals surface area contributed by atoms with E-state index in [1.54, 1.807) is 23.0 Å². The van der Waals surface area contributed by atoms with Gasteiger partial charge in [0.2, 0.25) is 5.95 Å². The van der Waals surface area contributed by atoms with Crippen LogP contribution in [0, 0.1) is 5.82 Å². The molecule has 1 aliphatic heterocycles. The van der Waals surface area contributed by atoms with Gasteiger partial charge in [-0.25, -0.2) is 14.1 Å². The zero-order chi connectivity index (χ0) is 17.9. The van der Waals surface area contributed by atoms with Gasteiger partial charge in [-0.1, -0.05) is 6.07 Å². The van der Waals surface area contributed by atoms with Crippen LogP contribution in [0.3, 0.4) is 0 Å². The molecule has 8 heteroatoms. The van der Waals surface area contributed by atoms with Crippen LogP contribution in [0.25, 0.3) is 5.69 Å². The third kappa shape index (κ3) is 3.65. The van der Waals surface area contributed by atoms with Gasteiger partial charge in [-0.3, -0.25) is 0 Å². The lowest BCUT2D eigenvalue weighted by atomic mass is 10.0. The Labute approximate surface area is 150 Å². The first-order valence-electron chi connectivity index (χ1n) is 8.43. The predicted octanol–water partition coefficient (Wildman–Crippen LogP) is 2.50. The minimum atomic E-state index is -0.294. The van der Waals surface area contributed by atoms with E-state index in [0.29, 0.717) is 24.7 Å². The Bertz CT molecular complexity index is 906. The summed E-state index contributed by atoms with van der Waals surface area (Å²) in [5.41, 5.74) is 8.35. The molecule has 0 aliphatic carbocycles. The average molecular weight is 354 g/mol. The second-order valence-corrected chi connectivity index (χ2v) is 6.22. The van der Waals surface area contributed by atoms with E-state index in [4.69, 9.17) is 10.5 Å². The highest BCUT2D eigenvalue weighted by molar-refractivity contribution is 5.42. The van der Waals surface area contributed by atoms with Gasteiger partial charge >= 0.3 is 0 Å². The highest BCUT2D eigenvalue weighted by atomic mass is 19.1. The van der Waals surface area contributed by atoms with Crippen LogP contribution >= 0.6 is 0 Å². The second kappa shape index (κ2) is 7.09. The number of rotatable bonds is 5. The molecule has 7 nitrogen and oxygen atoms in total. The fourth-order valence-electron chi connectivity index (χ4n) is 2.96. The van der Waals surface area contributed by atoms with Crippen LogP contribution in [0.15, 0.2) is 42.7 Å². The molecular formula is C18H19FN6O. The van der Waals surface area contributed by atoms with Gasteiger partial charge in [0, 0.05) is 36.9 Å². The number of hydrogen-bond donors (Lipinski definition) is 2. The van der Waals surface area contributed by atoms with Crippen molar-refractivity contribution in [1.82, 2.24) is 19.7 Å². The van der Waals surface area contributed by atoms with Gasteiger partial charge in [-0.2, -0.15) is 10.1 Å². The number of nitrogen functional groups attached to an aromatic ring is 1. The maximum absolute atomic E-state index is 13.3. The lowest BCUT2D eigenvalue weighted by molar-refractivity contribution is 0.193. The third-order valence-electron chi connectivity index (χ3n) is 4.29. The highest BCUT2D eigenvalue weighted by Gasteiger charge is 2.20. The maximum atomic E-state index is 13.3. The molecule has 0 radical (unpaired) electrons. The number of anilines is 2. The zero-order valence-electron chi connectivity index (χ0n) is 14.1. The van der Waals surface area contributed by atoms with Gasteiger partial charge < -0.3 is 15.8 Å². The molecule has 0 spiro atoms. The van der Waals surface area contributed by atoms with Crippen LogP contribution in [0.5, 0.6) is 0 Å². The van der Waals surface area contributed by atoms with Crippen molar-refractivity contribution in [2.24, 2.45) is 0 Å². The van der Waals surface area contributed by atoms with Crippen molar-refractivity contribution in [2.75, 3.05) is 24.3 Å². The standard InChI is InChI=1S/C18H19FN6O/c19-14-2-1-3-15(6-14)25-10-12(9-22-25)8-21-17-7-16(23-18(20)24-17)13-4-5-26-11-13/h1-3,6-7,9-10,13H,4-5,8,11H2,(H3,20,21,23,24). The quantitative estimate of drug-likeness (QED) is 0.732. The number of benzene rings is 1. The predicted molar refractivity (Wildman–Crippen MR) is 95.5 cm³/mol. The number of nitrogens with one attached hydrogen (secondary N) is 1. The molecule has 2 aromatic heterocycles. The van der Waals surface area contributed by atoms with Gasteiger partial charge in [-0.15, -0.1) is 0 Å². The zero-order valence-corrected chi connectivity index (χ0v) is 14.1. The van der Waals surface area contributed by atoms with Gasteiger partial charge in [0.05, 0.1) is 24.2 Å². The van der Waals surface area contributed by atoms with Crippen LogP contribution in [-0.2, 0) is 11.3 Å². The van der Waals surface area contributed by atoms with E-state index in [1.165, 1.54) is 12.1 Å². The molecule has 26 heavy (non-hydrogen) atoms.